The summed E-state index contributed by atoms with van der Waals surface area (Å²) in [7, 11) is 0. The highest BCUT2D eigenvalue weighted by atomic mass is 16.6. The van der Waals surface area contributed by atoms with Crippen molar-refractivity contribution in [2.75, 3.05) is 0 Å². The van der Waals surface area contributed by atoms with Gasteiger partial charge in [-0.2, -0.15) is 0 Å². The fourth-order valence-electron chi connectivity index (χ4n) is 3.39. The minimum atomic E-state index is 0.181. The number of ether oxygens (including phenoxy) is 1. The zero-order valence-corrected chi connectivity index (χ0v) is 12.6. The third-order valence-electron chi connectivity index (χ3n) is 4.70. The molecule has 4 aromatic carbocycles. The number of hydrogen-bond donors (Lipinski definition) is 0. The Balaban J connectivity index is 1.48. The van der Waals surface area contributed by atoms with Crippen LogP contribution in [0.3, 0.4) is 0 Å². The average molecular weight is 296 g/mol. The summed E-state index contributed by atoms with van der Waals surface area (Å²) in [5.41, 5.74) is 2.53. The second kappa shape index (κ2) is 4.94. The predicted molar refractivity (Wildman–Crippen MR) is 94.5 cm³/mol. The van der Waals surface area contributed by atoms with Crippen molar-refractivity contribution in [3.05, 3.63) is 96.1 Å². The van der Waals surface area contributed by atoms with Crippen LogP contribution in [0.5, 0.6) is 0 Å². The quantitative estimate of drug-likeness (QED) is 0.425. The maximum Gasteiger partial charge on any atom is 0.114 e. The second-order valence-corrected chi connectivity index (χ2v) is 6.19. The Bertz CT molecular complexity index is 935. The Morgan fingerprint density at radius 1 is 0.478 bits per heavy atom. The van der Waals surface area contributed by atoms with Crippen molar-refractivity contribution in [1.82, 2.24) is 0 Å². The zero-order valence-electron chi connectivity index (χ0n) is 12.6. The summed E-state index contributed by atoms with van der Waals surface area (Å²) >= 11 is 0. The van der Waals surface area contributed by atoms with Crippen molar-refractivity contribution < 1.29 is 4.74 Å². The molecule has 23 heavy (non-hydrogen) atoms. The average Bonchev–Trinajstić information content (AvgIpc) is 3.42. The van der Waals surface area contributed by atoms with E-state index in [0.29, 0.717) is 0 Å². The molecule has 1 heteroatoms. The summed E-state index contributed by atoms with van der Waals surface area (Å²) in [5, 5.41) is 5.11. The summed E-state index contributed by atoms with van der Waals surface area (Å²) < 4.78 is 5.99. The lowest BCUT2D eigenvalue weighted by molar-refractivity contribution is 0.378. The van der Waals surface area contributed by atoms with Crippen molar-refractivity contribution in [1.29, 1.82) is 0 Å². The summed E-state index contributed by atoms with van der Waals surface area (Å²) in [5.74, 6) is 0. The topological polar surface area (TPSA) is 12.5 Å². The van der Waals surface area contributed by atoms with Crippen LogP contribution in [-0.4, -0.2) is 0 Å². The van der Waals surface area contributed by atoms with Gasteiger partial charge in [-0.1, -0.05) is 72.8 Å². The van der Waals surface area contributed by atoms with Gasteiger partial charge in [0.1, 0.15) is 12.2 Å². The smallest absolute Gasteiger partial charge is 0.114 e. The van der Waals surface area contributed by atoms with Crippen molar-refractivity contribution >= 4 is 21.5 Å². The third-order valence-corrected chi connectivity index (χ3v) is 4.70. The van der Waals surface area contributed by atoms with E-state index in [1.165, 1.54) is 32.7 Å². The largest absolute Gasteiger partial charge is 0.359 e. The van der Waals surface area contributed by atoms with Gasteiger partial charge < -0.3 is 4.74 Å². The highest BCUT2D eigenvalue weighted by Gasteiger charge is 2.41. The van der Waals surface area contributed by atoms with Gasteiger partial charge in [0.05, 0.1) is 0 Å². The molecule has 4 aromatic rings. The monoisotopic (exact) mass is 296 g/mol. The molecule has 2 atom stereocenters. The molecule has 110 valence electrons. The van der Waals surface area contributed by atoms with Crippen molar-refractivity contribution in [2.45, 2.75) is 12.2 Å². The summed E-state index contributed by atoms with van der Waals surface area (Å²) in [6.45, 7) is 0. The molecule has 5 rings (SSSR count). The predicted octanol–water partition coefficient (Wildman–Crippen LogP) is 5.81. The van der Waals surface area contributed by atoms with E-state index in [9.17, 15) is 0 Å². The van der Waals surface area contributed by atoms with Crippen LogP contribution in [0.1, 0.15) is 23.3 Å². The molecule has 0 amide bonds. The van der Waals surface area contributed by atoms with Crippen LogP contribution in [0.25, 0.3) is 21.5 Å². The first kappa shape index (κ1) is 12.9. The van der Waals surface area contributed by atoms with Gasteiger partial charge in [-0.3, -0.25) is 0 Å². The van der Waals surface area contributed by atoms with Crippen LogP contribution in [-0.2, 0) is 4.74 Å². The number of rotatable bonds is 2. The van der Waals surface area contributed by atoms with Crippen molar-refractivity contribution in [3.8, 4) is 0 Å². The maximum absolute atomic E-state index is 5.99. The van der Waals surface area contributed by atoms with E-state index >= 15 is 0 Å². The first-order valence-electron chi connectivity index (χ1n) is 8.01. The van der Waals surface area contributed by atoms with Crippen LogP contribution in [0, 0.1) is 0 Å². The van der Waals surface area contributed by atoms with E-state index in [-0.39, 0.29) is 12.2 Å². The van der Waals surface area contributed by atoms with Gasteiger partial charge in [0.15, 0.2) is 0 Å². The molecule has 0 spiro atoms. The Hall–Kier alpha value is -2.64. The Morgan fingerprint density at radius 2 is 0.913 bits per heavy atom. The molecule has 0 aliphatic carbocycles. The summed E-state index contributed by atoms with van der Waals surface area (Å²) in [6.07, 6.45) is 0.363. The molecular weight excluding hydrogens is 280 g/mol. The van der Waals surface area contributed by atoms with Crippen LogP contribution in [0.4, 0.5) is 0 Å². The fraction of sp³-hybridized carbons (Fsp3) is 0.0909. The van der Waals surface area contributed by atoms with Gasteiger partial charge >= 0.3 is 0 Å². The molecule has 1 aliphatic rings. The molecule has 1 aliphatic heterocycles. The van der Waals surface area contributed by atoms with Crippen LogP contribution in [0.2, 0.25) is 0 Å². The van der Waals surface area contributed by atoms with Crippen molar-refractivity contribution in [3.63, 3.8) is 0 Å². The van der Waals surface area contributed by atoms with E-state index in [1.807, 2.05) is 0 Å². The Kier molecular flexibility index (Phi) is 2.76. The lowest BCUT2D eigenvalue weighted by atomic mass is 9.99. The number of epoxide rings is 1. The fourth-order valence-corrected chi connectivity index (χ4v) is 3.39. The minimum absolute atomic E-state index is 0.181. The van der Waals surface area contributed by atoms with Gasteiger partial charge in [0.25, 0.3) is 0 Å². The lowest BCUT2D eigenvalue weighted by Gasteiger charge is -2.02. The maximum atomic E-state index is 5.99. The molecule has 0 N–H and O–H groups in total. The summed E-state index contributed by atoms with van der Waals surface area (Å²) in [6, 6.07) is 30.2. The van der Waals surface area contributed by atoms with Gasteiger partial charge in [0.2, 0.25) is 0 Å². The Morgan fingerprint density at radius 3 is 1.39 bits per heavy atom. The number of fused-ring (bicyclic) bond motifs is 2. The van der Waals surface area contributed by atoms with E-state index in [0.717, 1.165) is 0 Å². The standard InChI is InChI=1S/C22H16O/c1-3-7-17-13-19(11-9-15(17)5-1)21-22(23-21)20-12-10-16-6-2-4-8-18(16)14-20/h1-14,21-22H/t21-,22-/m1/s1. The molecular formula is C22H16O. The van der Waals surface area contributed by atoms with E-state index < -0.39 is 0 Å². The first-order chi connectivity index (χ1) is 11.4. The molecule has 1 saturated heterocycles. The zero-order chi connectivity index (χ0) is 15.2. The minimum Gasteiger partial charge on any atom is -0.359 e. The highest BCUT2D eigenvalue weighted by molar-refractivity contribution is 5.84. The Labute approximate surface area is 135 Å². The summed E-state index contributed by atoms with van der Waals surface area (Å²) in [4.78, 5) is 0. The molecule has 0 radical (unpaired) electrons. The van der Waals surface area contributed by atoms with Gasteiger partial charge in [-0.05, 0) is 44.8 Å². The molecule has 0 unspecified atom stereocenters. The molecule has 1 heterocycles. The number of hydrogen-bond acceptors (Lipinski definition) is 1. The first-order valence-corrected chi connectivity index (χ1v) is 8.01. The van der Waals surface area contributed by atoms with Gasteiger partial charge in [0, 0.05) is 0 Å². The highest BCUT2D eigenvalue weighted by Crippen LogP contribution is 2.51. The van der Waals surface area contributed by atoms with Gasteiger partial charge in [-0.25, -0.2) is 0 Å². The molecule has 1 nitrogen and oxygen atoms in total. The van der Waals surface area contributed by atoms with Crippen LogP contribution >= 0.6 is 0 Å². The molecule has 0 bridgehead atoms. The van der Waals surface area contributed by atoms with E-state index in [4.69, 9.17) is 4.74 Å². The van der Waals surface area contributed by atoms with Crippen LogP contribution in [0.15, 0.2) is 84.9 Å². The third kappa shape index (κ3) is 2.21. The van der Waals surface area contributed by atoms with E-state index in [1.54, 1.807) is 0 Å². The van der Waals surface area contributed by atoms with Crippen LogP contribution < -0.4 is 0 Å². The number of benzene rings is 4. The van der Waals surface area contributed by atoms with E-state index in [2.05, 4.69) is 84.9 Å². The van der Waals surface area contributed by atoms with Gasteiger partial charge in [-0.15, -0.1) is 0 Å². The molecule has 1 fully saturated rings. The van der Waals surface area contributed by atoms with Crippen molar-refractivity contribution in [2.24, 2.45) is 0 Å². The lowest BCUT2D eigenvalue weighted by Crippen LogP contribution is -1.85. The molecule has 0 aromatic heterocycles. The molecule has 0 saturated carbocycles. The SMILES string of the molecule is c1ccc2cc([C@H]3O[C@@H]3c3ccc4ccccc4c3)ccc2c1. The normalized spacial score (nSPS) is 20.0. The second-order valence-electron chi connectivity index (χ2n) is 6.19.